The van der Waals surface area contributed by atoms with Crippen LogP contribution in [0.3, 0.4) is 0 Å². The Morgan fingerprint density at radius 2 is 1.70 bits per heavy atom. The fourth-order valence-corrected chi connectivity index (χ4v) is 2.13. The van der Waals surface area contributed by atoms with E-state index in [2.05, 4.69) is 9.72 Å². The summed E-state index contributed by atoms with van der Waals surface area (Å²) in [6.45, 7) is 0.472. The van der Waals surface area contributed by atoms with E-state index >= 15 is 0 Å². The molecule has 0 radical (unpaired) electrons. The van der Waals surface area contributed by atoms with Gasteiger partial charge < -0.3 is 25.7 Å². The first-order chi connectivity index (χ1) is 12.8. The van der Waals surface area contributed by atoms with E-state index in [-0.39, 0.29) is 18.6 Å². The first-order valence-corrected chi connectivity index (χ1v) is 7.91. The zero-order valence-corrected chi connectivity index (χ0v) is 14.7. The maximum absolute atomic E-state index is 11.8. The lowest BCUT2D eigenvalue weighted by Gasteiger charge is -2.05. The van der Waals surface area contributed by atoms with E-state index in [9.17, 15) is 19.2 Å². The predicted octanol–water partition coefficient (Wildman–Crippen LogP) is -0.729. The van der Waals surface area contributed by atoms with E-state index in [0.29, 0.717) is 18.5 Å². The summed E-state index contributed by atoms with van der Waals surface area (Å²) in [6, 6.07) is 6.53. The number of carboxylic acid groups (broad SMARTS) is 1. The number of hydrogen-bond acceptors (Lipinski definition) is 7. The number of aryl methyl sites for hydroxylation is 1. The van der Waals surface area contributed by atoms with Crippen LogP contribution < -0.4 is 17.0 Å². The first-order valence-electron chi connectivity index (χ1n) is 7.91. The Balaban J connectivity index is 0.000000828. The molecule has 0 saturated carbocycles. The van der Waals surface area contributed by atoms with Gasteiger partial charge in [-0.15, -0.1) is 0 Å². The molecule has 0 bridgehead atoms. The summed E-state index contributed by atoms with van der Waals surface area (Å²) in [5.41, 5.74) is 3.97. The molecule has 0 aliphatic carbocycles. The highest BCUT2D eigenvalue weighted by Gasteiger charge is 2.15. The fraction of sp³-hybridized carbons (Fsp3) is 0.294. The highest BCUT2D eigenvalue weighted by atomic mass is 16.5. The summed E-state index contributed by atoms with van der Waals surface area (Å²) < 4.78 is 4.59. The Kier molecular flexibility index (Phi) is 8.63. The van der Waals surface area contributed by atoms with Crippen molar-refractivity contribution < 1.29 is 24.5 Å². The number of aliphatic hydroxyl groups is 1. The van der Waals surface area contributed by atoms with Gasteiger partial charge in [0.05, 0.1) is 19.3 Å². The number of nitrogens with two attached hydrogens (primary N) is 1. The molecule has 2 rings (SSSR count). The van der Waals surface area contributed by atoms with E-state index in [0.717, 1.165) is 5.56 Å². The molecule has 2 aromatic rings. The monoisotopic (exact) mass is 379 g/mol. The third kappa shape index (κ3) is 6.53. The largest absolute Gasteiger partial charge is 0.477 e. The summed E-state index contributed by atoms with van der Waals surface area (Å²) in [6.07, 6.45) is 0.502. The van der Waals surface area contributed by atoms with Gasteiger partial charge in [-0.3, -0.25) is 9.78 Å². The Morgan fingerprint density at radius 1 is 1.11 bits per heavy atom. The Labute approximate surface area is 153 Å². The predicted molar refractivity (Wildman–Crippen MR) is 96.0 cm³/mol. The van der Waals surface area contributed by atoms with Crippen LogP contribution in [0.5, 0.6) is 0 Å². The molecule has 0 atom stereocenters. The summed E-state index contributed by atoms with van der Waals surface area (Å²) >= 11 is 0. The summed E-state index contributed by atoms with van der Waals surface area (Å²) in [4.78, 5) is 49.5. The Morgan fingerprint density at radius 3 is 2.19 bits per heavy atom. The Hall–Kier alpha value is -3.24. The molecule has 0 amide bonds. The Bertz CT molecular complexity index is 883. The molecule has 0 saturated heterocycles. The molecule has 6 N–H and O–H groups in total. The highest BCUT2D eigenvalue weighted by molar-refractivity contribution is 5.89. The lowest BCUT2D eigenvalue weighted by atomic mass is 10.0. The van der Waals surface area contributed by atoms with E-state index in [1.807, 2.05) is 4.98 Å². The maximum atomic E-state index is 11.8. The van der Waals surface area contributed by atoms with Crippen LogP contribution in [0.25, 0.3) is 0 Å². The first kappa shape index (κ1) is 21.8. The van der Waals surface area contributed by atoms with Gasteiger partial charge in [0.2, 0.25) is 0 Å². The number of carboxylic acids is 1. The molecule has 0 aliphatic heterocycles. The number of benzene rings is 1. The van der Waals surface area contributed by atoms with Gasteiger partial charge in [-0.2, -0.15) is 0 Å². The van der Waals surface area contributed by atoms with Crippen molar-refractivity contribution in [1.82, 2.24) is 9.97 Å². The minimum Gasteiger partial charge on any atom is -0.477 e. The van der Waals surface area contributed by atoms with E-state index in [4.69, 9.17) is 15.9 Å². The van der Waals surface area contributed by atoms with Gasteiger partial charge in [0.15, 0.2) is 0 Å². The molecule has 27 heavy (non-hydrogen) atoms. The second-order valence-electron chi connectivity index (χ2n) is 5.27. The van der Waals surface area contributed by atoms with Crippen molar-refractivity contribution in [2.75, 3.05) is 20.3 Å². The number of rotatable bonds is 6. The number of ether oxygens (including phenoxy) is 1. The maximum Gasteiger partial charge on any atom is 0.352 e. The number of esters is 1. The van der Waals surface area contributed by atoms with Gasteiger partial charge >= 0.3 is 17.6 Å². The van der Waals surface area contributed by atoms with Crippen molar-refractivity contribution in [1.29, 1.82) is 0 Å². The molecule has 0 unspecified atom stereocenters. The number of carbonyl (C=O) groups excluding carboxylic acids is 1. The number of aromatic carboxylic acids is 1. The molecule has 146 valence electrons. The van der Waals surface area contributed by atoms with Crippen molar-refractivity contribution in [3.8, 4) is 0 Å². The summed E-state index contributed by atoms with van der Waals surface area (Å²) in [7, 11) is 1.28. The van der Waals surface area contributed by atoms with Crippen LogP contribution in [-0.4, -0.2) is 52.4 Å². The minimum atomic E-state index is -1.37. The molecular weight excluding hydrogens is 358 g/mol. The van der Waals surface area contributed by atoms with Gasteiger partial charge in [0.1, 0.15) is 5.69 Å². The number of carbonyl (C=O) groups is 2. The van der Waals surface area contributed by atoms with Gasteiger partial charge in [0, 0.05) is 12.1 Å². The number of aliphatic hydroxyl groups excluding tert-OH is 1. The standard InChI is InChI=1S/C15H14N2O6.C2H7NO/c1-23-14(21)9-5-2-8(3-6-9)4-7-10-11(13(19)20)16-15(22)17-12(10)18;3-1-2-4/h2-3,5-6H,4,7H2,1H3,(H,19,20)(H2,16,17,18,22);4H,1-3H2. The number of H-pyrrole nitrogens is 2. The van der Waals surface area contributed by atoms with Crippen LogP contribution in [0.2, 0.25) is 0 Å². The molecule has 1 heterocycles. The molecule has 1 aromatic heterocycles. The van der Waals surface area contributed by atoms with Gasteiger partial charge in [-0.1, -0.05) is 12.1 Å². The van der Waals surface area contributed by atoms with Crippen LogP contribution in [0.1, 0.15) is 32.0 Å². The van der Waals surface area contributed by atoms with Gasteiger partial charge in [0.25, 0.3) is 5.56 Å². The van der Waals surface area contributed by atoms with Crippen molar-refractivity contribution in [3.05, 3.63) is 67.5 Å². The molecule has 0 fully saturated rings. The molecule has 0 spiro atoms. The van der Waals surface area contributed by atoms with Crippen LogP contribution in [0.15, 0.2) is 33.9 Å². The van der Waals surface area contributed by atoms with E-state index < -0.39 is 28.9 Å². The van der Waals surface area contributed by atoms with E-state index in [1.54, 1.807) is 24.3 Å². The van der Waals surface area contributed by atoms with Gasteiger partial charge in [-0.05, 0) is 30.5 Å². The average Bonchev–Trinajstić information content (AvgIpc) is 2.66. The van der Waals surface area contributed by atoms with Crippen LogP contribution in [-0.2, 0) is 17.6 Å². The third-order valence-electron chi connectivity index (χ3n) is 3.42. The second kappa shape index (κ2) is 10.7. The molecular formula is C17H21N3O7. The van der Waals surface area contributed by atoms with Gasteiger partial charge in [-0.25, -0.2) is 14.4 Å². The van der Waals surface area contributed by atoms with E-state index in [1.165, 1.54) is 7.11 Å². The smallest absolute Gasteiger partial charge is 0.352 e. The topological polar surface area (TPSA) is 176 Å². The zero-order chi connectivity index (χ0) is 20.4. The molecule has 10 nitrogen and oxygen atoms in total. The lowest BCUT2D eigenvalue weighted by molar-refractivity contribution is 0.0599. The molecule has 1 aromatic carbocycles. The number of aromatic nitrogens is 2. The summed E-state index contributed by atoms with van der Waals surface area (Å²) in [5.74, 6) is -1.83. The second-order valence-corrected chi connectivity index (χ2v) is 5.27. The van der Waals surface area contributed by atoms with Crippen LogP contribution in [0.4, 0.5) is 0 Å². The number of methoxy groups -OCH3 is 1. The number of aromatic amines is 2. The minimum absolute atomic E-state index is 0.00542. The average molecular weight is 379 g/mol. The fourth-order valence-electron chi connectivity index (χ4n) is 2.13. The van der Waals surface area contributed by atoms with Crippen molar-refractivity contribution in [2.45, 2.75) is 12.8 Å². The summed E-state index contributed by atoms with van der Waals surface area (Å²) in [5, 5.41) is 16.8. The van der Waals surface area contributed by atoms with Crippen molar-refractivity contribution in [2.24, 2.45) is 5.73 Å². The molecule has 0 aliphatic rings. The SMILES string of the molecule is COC(=O)c1ccc(CCc2c(C(=O)O)[nH]c(=O)[nH]c2=O)cc1.NCCO. The van der Waals surface area contributed by atoms with Crippen LogP contribution in [0, 0.1) is 0 Å². The van der Waals surface area contributed by atoms with Crippen molar-refractivity contribution >= 4 is 11.9 Å². The highest BCUT2D eigenvalue weighted by Crippen LogP contribution is 2.09. The third-order valence-corrected chi connectivity index (χ3v) is 3.42. The normalized spacial score (nSPS) is 9.89. The number of nitrogens with one attached hydrogen (secondary N) is 2. The zero-order valence-electron chi connectivity index (χ0n) is 14.7. The van der Waals surface area contributed by atoms with Crippen LogP contribution >= 0.6 is 0 Å². The molecule has 10 heteroatoms. The quantitative estimate of drug-likeness (QED) is 0.408. The van der Waals surface area contributed by atoms with Crippen molar-refractivity contribution in [3.63, 3.8) is 0 Å². The number of hydrogen-bond donors (Lipinski definition) is 5. The lowest BCUT2D eigenvalue weighted by Crippen LogP contribution is -2.30.